The smallest absolute Gasteiger partial charge is 0.183 e. The van der Waals surface area contributed by atoms with Crippen LogP contribution in [0.25, 0.3) is 38.0 Å². The van der Waals surface area contributed by atoms with Gasteiger partial charge in [0.1, 0.15) is 6.07 Å². The van der Waals surface area contributed by atoms with Gasteiger partial charge in [0.05, 0.1) is 11.9 Å². The van der Waals surface area contributed by atoms with Crippen LogP contribution in [-0.4, -0.2) is 15.0 Å². The van der Waals surface area contributed by atoms with E-state index in [0.29, 0.717) is 5.69 Å². The summed E-state index contributed by atoms with van der Waals surface area (Å²) in [6.07, 6.45) is 1.47. The predicted molar refractivity (Wildman–Crippen MR) is 98.6 cm³/mol. The molecular formula is C21H12N4. The summed E-state index contributed by atoms with van der Waals surface area (Å²) in [7, 11) is 0. The van der Waals surface area contributed by atoms with Gasteiger partial charge in [-0.25, -0.2) is 0 Å². The molecule has 0 radical (unpaired) electrons. The second kappa shape index (κ2) is 5.15. The second-order valence-electron chi connectivity index (χ2n) is 5.95. The molecule has 0 unspecified atom stereocenters. The standard InChI is InChI=1S/C21H12N4/c22-12-14-13-23-25(24-14)15-9-10-20-18-7-2-1-5-16(18)17-6-3-4-8-19(17)21(20)11-15/h1-11,13H. The van der Waals surface area contributed by atoms with Gasteiger partial charge >= 0.3 is 0 Å². The molecule has 0 saturated carbocycles. The van der Waals surface area contributed by atoms with Gasteiger partial charge in [-0.15, -0.1) is 5.10 Å². The highest BCUT2D eigenvalue weighted by molar-refractivity contribution is 6.25. The Labute approximate surface area is 143 Å². The van der Waals surface area contributed by atoms with E-state index in [1.54, 1.807) is 0 Å². The molecule has 4 heteroatoms. The van der Waals surface area contributed by atoms with Crippen molar-refractivity contribution in [2.75, 3.05) is 0 Å². The first-order valence-corrected chi connectivity index (χ1v) is 8.01. The van der Waals surface area contributed by atoms with Crippen molar-refractivity contribution in [1.82, 2.24) is 15.0 Å². The van der Waals surface area contributed by atoms with E-state index in [0.717, 1.165) is 11.1 Å². The largest absolute Gasteiger partial charge is 0.191 e. The fourth-order valence-corrected chi connectivity index (χ4v) is 3.46. The SMILES string of the molecule is N#Cc1cnn(-c2ccc3c4ccccc4c4ccccc4c3c2)n1. The minimum Gasteiger partial charge on any atom is -0.191 e. The lowest BCUT2D eigenvalue weighted by atomic mass is 9.94. The van der Waals surface area contributed by atoms with E-state index in [9.17, 15) is 0 Å². The highest BCUT2D eigenvalue weighted by atomic mass is 15.5. The molecule has 0 spiro atoms. The highest BCUT2D eigenvalue weighted by Gasteiger charge is 2.10. The summed E-state index contributed by atoms with van der Waals surface area (Å²) < 4.78 is 0. The third kappa shape index (κ3) is 2.00. The van der Waals surface area contributed by atoms with Crippen LogP contribution in [0.5, 0.6) is 0 Å². The summed E-state index contributed by atoms with van der Waals surface area (Å²) in [6.45, 7) is 0. The number of rotatable bonds is 1. The molecule has 1 aromatic heterocycles. The Morgan fingerprint density at radius 2 is 1.28 bits per heavy atom. The molecule has 0 aliphatic heterocycles. The average molecular weight is 320 g/mol. The summed E-state index contributed by atoms with van der Waals surface area (Å²) in [5.74, 6) is 0. The maximum atomic E-state index is 8.96. The van der Waals surface area contributed by atoms with Crippen molar-refractivity contribution in [3.05, 3.63) is 78.6 Å². The quantitative estimate of drug-likeness (QED) is 0.424. The topological polar surface area (TPSA) is 54.5 Å². The molecule has 0 aliphatic carbocycles. The monoisotopic (exact) mass is 320 g/mol. The summed E-state index contributed by atoms with van der Waals surface area (Å²) in [4.78, 5) is 1.50. The van der Waals surface area contributed by atoms with Crippen LogP contribution in [0.2, 0.25) is 0 Å². The number of hydrogen-bond donors (Lipinski definition) is 0. The van der Waals surface area contributed by atoms with E-state index in [1.165, 1.54) is 37.9 Å². The van der Waals surface area contributed by atoms with Crippen LogP contribution in [0.4, 0.5) is 0 Å². The molecule has 0 aliphatic rings. The third-order valence-corrected chi connectivity index (χ3v) is 4.57. The fourth-order valence-electron chi connectivity index (χ4n) is 3.46. The molecule has 25 heavy (non-hydrogen) atoms. The van der Waals surface area contributed by atoms with Crippen molar-refractivity contribution in [1.29, 1.82) is 5.26 Å². The highest BCUT2D eigenvalue weighted by Crippen LogP contribution is 2.35. The first kappa shape index (κ1) is 13.7. The molecule has 0 atom stereocenters. The van der Waals surface area contributed by atoms with Crippen LogP contribution >= 0.6 is 0 Å². The summed E-state index contributed by atoms with van der Waals surface area (Å²) in [5.41, 5.74) is 1.15. The zero-order valence-corrected chi connectivity index (χ0v) is 13.2. The van der Waals surface area contributed by atoms with Gasteiger partial charge in [0.15, 0.2) is 5.69 Å². The van der Waals surface area contributed by atoms with Gasteiger partial charge in [0, 0.05) is 0 Å². The Balaban J connectivity index is 1.91. The Morgan fingerprint density at radius 3 is 1.84 bits per heavy atom. The number of aromatic nitrogens is 3. The lowest BCUT2D eigenvalue weighted by Crippen LogP contribution is -1.98. The zero-order chi connectivity index (χ0) is 16.8. The van der Waals surface area contributed by atoms with Crippen molar-refractivity contribution in [2.45, 2.75) is 0 Å². The second-order valence-corrected chi connectivity index (χ2v) is 5.95. The summed E-state index contributed by atoms with van der Waals surface area (Å²) >= 11 is 0. The van der Waals surface area contributed by atoms with Gasteiger partial charge < -0.3 is 0 Å². The molecule has 0 N–H and O–H groups in total. The molecule has 5 aromatic rings. The van der Waals surface area contributed by atoms with Crippen molar-refractivity contribution >= 4 is 32.3 Å². The minimum absolute atomic E-state index is 0.309. The van der Waals surface area contributed by atoms with E-state index in [-0.39, 0.29) is 0 Å². The van der Waals surface area contributed by atoms with Gasteiger partial charge in [0.2, 0.25) is 0 Å². The van der Waals surface area contributed by atoms with E-state index in [4.69, 9.17) is 5.26 Å². The van der Waals surface area contributed by atoms with Gasteiger partial charge in [0.25, 0.3) is 0 Å². The lowest BCUT2D eigenvalue weighted by Gasteiger charge is -2.11. The number of benzene rings is 4. The maximum absolute atomic E-state index is 8.96. The zero-order valence-electron chi connectivity index (χ0n) is 13.2. The molecule has 0 amide bonds. The average Bonchev–Trinajstić information content (AvgIpc) is 3.17. The van der Waals surface area contributed by atoms with Crippen molar-refractivity contribution in [3.8, 4) is 11.8 Å². The van der Waals surface area contributed by atoms with Crippen molar-refractivity contribution in [2.24, 2.45) is 0 Å². The van der Waals surface area contributed by atoms with Crippen LogP contribution in [-0.2, 0) is 0 Å². The number of hydrogen-bond acceptors (Lipinski definition) is 3. The molecule has 0 saturated heterocycles. The molecule has 0 bridgehead atoms. The minimum atomic E-state index is 0.309. The van der Waals surface area contributed by atoms with Gasteiger partial charge in [-0.2, -0.15) is 15.2 Å². The maximum Gasteiger partial charge on any atom is 0.183 e. The third-order valence-electron chi connectivity index (χ3n) is 4.57. The van der Waals surface area contributed by atoms with Gasteiger partial charge in [-0.3, -0.25) is 0 Å². The Kier molecular flexibility index (Phi) is 2.82. The summed E-state index contributed by atoms with van der Waals surface area (Å²) in [6, 6.07) is 25.1. The normalized spacial score (nSPS) is 11.2. The molecule has 5 rings (SSSR count). The Bertz CT molecular complexity index is 1270. The van der Waals surface area contributed by atoms with E-state index >= 15 is 0 Å². The molecule has 4 nitrogen and oxygen atoms in total. The number of fused-ring (bicyclic) bond motifs is 6. The van der Waals surface area contributed by atoms with E-state index < -0.39 is 0 Å². The predicted octanol–water partition coefficient (Wildman–Crippen LogP) is 4.60. The van der Waals surface area contributed by atoms with E-state index in [1.807, 2.05) is 12.1 Å². The molecule has 116 valence electrons. The van der Waals surface area contributed by atoms with Crippen molar-refractivity contribution in [3.63, 3.8) is 0 Å². The lowest BCUT2D eigenvalue weighted by molar-refractivity contribution is 0.750. The molecule has 1 heterocycles. The fraction of sp³-hybridized carbons (Fsp3) is 0. The van der Waals surface area contributed by atoms with Crippen LogP contribution in [0.1, 0.15) is 5.69 Å². The summed E-state index contributed by atoms with van der Waals surface area (Å²) in [5, 5.41) is 24.6. The number of nitrogens with zero attached hydrogens (tertiary/aromatic N) is 4. The van der Waals surface area contributed by atoms with Crippen LogP contribution < -0.4 is 0 Å². The van der Waals surface area contributed by atoms with E-state index in [2.05, 4.69) is 70.9 Å². The number of nitriles is 1. The molecule has 0 fully saturated rings. The van der Waals surface area contributed by atoms with Gasteiger partial charge in [-0.1, -0.05) is 54.6 Å². The van der Waals surface area contributed by atoms with Crippen molar-refractivity contribution < 1.29 is 0 Å². The Morgan fingerprint density at radius 1 is 0.720 bits per heavy atom. The van der Waals surface area contributed by atoms with Crippen LogP contribution in [0, 0.1) is 11.3 Å². The van der Waals surface area contributed by atoms with Crippen LogP contribution in [0.3, 0.4) is 0 Å². The first-order valence-electron chi connectivity index (χ1n) is 8.01. The Hall–Kier alpha value is -3.71. The van der Waals surface area contributed by atoms with Crippen LogP contribution in [0.15, 0.2) is 72.9 Å². The first-order chi connectivity index (χ1) is 12.3. The van der Waals surface area contributed by atoms with Gasteiger partial charge in [-0.05, 0) is 44.5 Å². The molecular weight excluding hydrogens is 308 g/mol. The molecule has 4 aromatic carbocycles.